The van der Waals surface area contributed by atoms with Gasteiger partial charge in [-0.25, -0.2) is 4.98 Å². The largest absolute Gasteiger partial charge is 0.497 e. The molecule has 0 fully saturated rings. The van der Waals surface area contributed by atoms with E-state index in [0.29, 0.717) is 46.4 Å². The third kappa shape index (κ3) is 6.39. The Kier molecular flexibility index (Phi) is 8.26. The maximum absolute atomic E-state index is 13.8. The summed E-state index contributed by atoms with van der Waals surface area (Å²) < 4.78 is 37.5. The number of hydrogen-bond acceptors (Lipinski definition) is 7. The van der Waals surface area contributed by atoms with Crippen LogP contribution in [0.2, 0.25) is 0 Å². The zero-order valence-corrected chi connectivity index (χ0v) is 25.1. The molecule has 224 valence electrons. The third-order valence-electron chi connectivity index (χ3n) is 7.40. The van der Waals surface area contributed by atoms with Crippen molar-refractivity contribution >= 4 is 38.6 Å². The minimum atomic E-state index is -4.01. The molecule has 8 nitrogen and oxygen atoms in total. The van der Waals surface area contributed by atoms with E-state index in [2.05, 4.69) is 0 Å². The van der Waals surface area contributed by atoms with Gasteiger partial charge in [0.05, 0.1) is 18.0 Å². The van der Waals surface area contributed by atoms with Gasteiger partial charge in [-0.3, -0.25) is 14.2 Å². The molecule has 1 aromatic heterocycles. The van der Waals surface area contributed by atoms with Crippen molar-refractivity contribution < 1.29 is 22.1 Å². The summed E-state index contributed by atoms with van der Waals surface area (Å²) in [5.41, 5.74) is 3.09. The van der Waals surface area contributed by atoms with Crippen LogP contribution in [0, 0.1) is 0 Å². The van der Waals surface area contributed by atoms with Gasteiger partial charge in [-0.2, -0.15) is 8.42 Å². The van der Waals surface area contributed by atoms with Crippen LogP contribution in [0.4, 0.5) is 0 Å². The molecule has 0 saturated carbocycles. The Hall–Kier alpha value is -5.54. The molecule has 0 bridgehead atoms. The molecule has 4 aromatic carbocycles. The van der Waals surface area contributed by atoms with Crippen molar-refractivity contribution in [3.05, 3.63) is 143 Å². The first-order valence-electron chi connectivity index (χ1n) is 14.2. The second-order valence-corrected chi connectivity index (χ2v) is 11.8. The number of fused-ring (bicyclic) bond motifs is 1. The van der Waals surface area contributed by atoms with E-state index in [0.717, 1.165) is 11.3 Å². The lowest BCUT2D eigenvalue weighted by molar-refractivity contribution is -0.111. The summed E-state index contributed by atoms with van der Waals surface area (Å²) in [6, 6.07) is 28.8. The minimum Gasteiger partial charge on any atom is -0.497 e. The Morgan fingerprint density at radius 2 is 1.51 bits per heavy atom. The number of carbonyl (C=O) groups excluding carboxylic acids is 1. The first-order valence-corrected chi connectivity index (χ1v) is 15.6. The number of hydrogen-bond donors (Lipinski definition) is 0. The Labute approximate surface area is 260 Å². The fourth-order valence-electron chi connectivity index (χ4n) is 5.03. The number of allylic oxidation sites excluding steroid dienone is 5. The van der Waals surface area contributed by atoms with Crippen molar-refractivity contribution in [2.24, 2.45) is 0 Å². The smallest absolute Gasteiger partial charge is 0.339 e. The predicted molar refractivity (Wildman–Crippen MR) is 174 cm³/mol. The number of ketones is 1. The summed E-state index contributed by atoms with van der Waals surface area (Å²) in [7, 11) is -2.41. The molecular weight excluding hydrogens is 588 g/mol. The standard InChI is InChI=1S/C36H28N2O6S/c1-43-29-20-11-25(12-21-29)13-24-34(39)26-14-18-28(19-15-26)38-35(37-33-10-6-5-9-32(33)36(38)40)27-16-22-30(23-17-27)44-45(41,42)31-7-3-2-4-8-31/h2-14,16-18,20-24H,15,19H2,1H3/b24-13+. The number of methoxy groups -OCH3 is 1. The number of para-hydroxylation sites is 1. The Balaban J connectivity index is 1.31. The number of rotatable bonds is 9. The minimum absolute atomic E-state index is 0.0467. The summed E-state index contributed by atoms with van der Waals surface area (Å²) in [5.74, 6) is 1.16. The van der Waals surface area contributed by atoms with Gasteiger partial charge in [-0.1, -0.05) is 54.6 Å². The van der Waals surface area contributed by atoms with Gasteiger partial charge in [0.2, 0.25) is 0 Å². The number of benzene rings is 4. The summed E-state index contributed by atoms with van der Waals surface area (Å²) in [6.07, 6.45) is 7.72. The fraction of sp³-hybridized carbons (Fsp3) is 0.0833. The lowest BCUT2D eigenvalue weighted by atomic mass is 9.97. The molecule has 0 radical (unpaired) electrons. The highest BCUT2D eigenvalue weighted by atomic mass is 32.2. The van der Waals surface area contributed by atoms with E-state index in [4.69, 9.17) is 13.9 Å². The van der Waals surface area contributed by atoms with Gasteiger partial charge in [0.25, 0.3) is 5.56 Å². The van der Waals surface area contributed by atoms with E-state index >= 15 is 0 Å². The van der Waals surface area contributed by atoms with Crippen LogP contribution >= 0.6 is 0 Å². The monoisotopic (exact) mass is 616 g/mol. The van der Waals surface area contributed by atoms with Crippen LogP contribution in [-0.2, 0) is 14.9 Å². The van der Waals surface area contributed by atoms with Crippen molar-refractivity contribution in [3.8, 4) is 22.9 Å². The van der Waals surface area contributed by atoms with E-state index < -0.39 is 10.1 Å². The van der Waals surface area contributed by atoms with E-state index in [-0.39, 0.29) is 22.0 Å². The van der Waals surface area contributed by atoms with E-state index in [1.165, 1.54) is 24.3 Å². The van der Waals surface area contributed by atoms with Crippen molar-refractivity contribution in [2.75, 3.05) is 7.11 Å². The highest BCUT2D eigenvalue weighted by Gasteiger charge is 2.20. The highest BCUT2D eigenvalue weighted by molar-refractivity contribution is 7.87. The number of nitrogens with zero attached hydrogens (tertiary/aromatic N) is 2. The van der Waals surface area contributed by atoms with Crippen molar-refractivity contribution in [1.82, 2.24) is 9.55 Å². The van der Waals surface area contributed by atoms with Crippen LogP contribution in [-0.4, -0.2) is 30.9 Å². The van der Waals surface area contributed by atoms with Crippen LogP contribution in [0.25, 0.3) is 34.1 Å². The van der Waals surface area contributed by atoms with Gasteiger partial charge < -0.3 is 8.92 Å². The van der Waals surface area contributed by atoms with Crippen molar-refractivity contribution in [2.45, 2.75) is 17.7 Å². The average Bonchev–Trinajstić information content (AvgIpc) is 3.08. The van der Waals surface area contributed by atoms with Gasteiger partial charge in [-0.15, -0.1) is 0 Å². The van der Waals surface area contributed by atoms with Gasteiger partial charge in [0.15, 0.2) is 5.78 Å². The van der Waals surface area contributed by atoms with Crippen LogP contribution in [0.3, 0.4) is 0 Å². The molecule has 0 spiro atoms. The summed E-state index contributed by atoms with van der Waals surface area (Å²) in [6.45, 7) is 0. The fourth-order valence-corrected chi connectivity index (χ4v) is 5.98. The second-order valence-electron chi connectivity index (χ2n) is 10.3. The number of carbonyl (C=O) groups is 1. The van der Waals surface area contributed by atoms with E-state index in [9.17, 15) is 18.0 Å². The zero-order valence-electron chi connectivity index (χ0n) is 24.3. The van der Waals surface area contributed by atoms with Crippen LogP contribution < -0.4 is 14.5 Å². The molecule has 6 rings (SSSR count). The summed E-state index contributed by atoms with van der Waals surface area (Å²) in [4.78, 5) is 31.6. The molecule has 9 heteroatoms. The molecule has 0 amide bonds. The first-order chi connectivity index (χ1) is 21.8. The molecule has 5 aromatic rings. The number of aromatic nitrogens is 2. The highest BCUT2D eigenvalue weighted by Crippen LogP contribution is 2.29. The first kappa shape index (κ1) is 29.5. The summed E-state index contributed by atoms with van der Waals surface area (Å²) >= 11 is 0. The van der Waals surface area contributed by atoms with Gasteiger partial charge in [0, 0.05) is 11.3 Å². The SMILES string of the molecule is COc1ccc(/C=C/C(=O)C2=CC=C(n3c(-c4ccc(OS(=O)(=O)c5ccccc5)cc4)nc4ccccc4c3=O)CC2)cc1. The molecule has 1 aliphatic rings. The second kappa shape index (κ2) is 12.6. The zero-order chi connectivity index (χ0) is 31.4. The third-order valence-corrected chi connectivity index (χ3v) is 8.66. The van der Waals surface area contributed by atoms with E-state index in [1.54, 1.807) is 84.5 Å². The molecule has 1 heterocycles. The lowest BCUT2D eigenvalue weighted by Crippen LogP contribution is -2.24. The molecule has 0 saturated heterocycles. The topological polar surface area (TPSA) is 105 Å². The predicted octanol–water partition coefficient (Wildman–Crippen LogP) is 6.68. The van der Waals surface area contributed by atoms with Crippen LogP contribution in [0.15, 0.2) is 137 Å². The molecule has 0 aliphatic heterocycles. The molecule has 0 atom stereocenters. The Morgan fingerprint density at radius 3 is 2.20 bits per heavy atom. The van der Waals surface area contributed by atoms with Gasteiger partial charge in [-0.05, 0) is 96.8 Å². The van der Waals surface area contributed by atoms with Crippen LogP contribution in [0.5, 0.6) is 11.5 Å². The normalized spacial score (nSPS) is 13.4. The molecular formula is C36H28N2O6S. The Bertz CT molecular complexity index is 2150. The van der Waals surface area contributed by atoms with Crippen molar-refractivity contribution in [3.63, 3.8) is 0 Å². The molecule has 1 aliphatic carbocycles. The average molecular weight is 617 g/mol. The van der Waals surface area contributed by atoms with Crippen LogP contribution in [0.1, 0.15) is 18.4 Å². The van der Waals surface area contributed by atoms with E-state index in [1.807, 2.05) is 30.3 Å². The lowest BCUT2D eigenvalue weighted by Gasteiger charge is -2.19. The number of ether oxygens (including phenoxy) is 1. The van der Waals surface area contributed by atoms with Crippen molar-refractivity contribution in [1.29, 1.82) is 0 Å². The molecule has 0 N–H and O–H groups in total. The van der Waals surface area contributed by atoms with Gasteiger partial charge in [0.1, 0.15) is 22.2 Å². The molecule has 45 heavy (non-hydrogen) atoms. The quantitative estimate of drug-likeness (QED) is 0.134. The molecule has 0 unspecified atom stereocenters. The summed E-state index contributed by atoms with van der Waals surface area (Å²) in [5, 5.41) is 0.462. The maximum atomic E-state index is 13.8. The van der Waals surface area contributed by atoms with Gasteiger partial charge >= 0.3 is 10.1 Å². The maximum Gasteiger partial charge on any atom is 0.339 e. The Morgan fingerprint density at radius 1 is 0.822 bits per heavy atom.